The molecule has 2 aromatic carbocycles. The van der Waals surface area contributed by atoms with Crippen molar-refractivity contribution in [2.75, 3.05) is 20.2 Å². The summed E-state index contributed by atoms with van der Waals surface area (Å²) in [6.45, 7) is 1.41. The molecule has 154 valence electrons. The van der Waals surface area contributed by atoms with Crippen molar-refractivity contribution in [2.24, 2.45) is 0 Å². The van der Waals surface area contributed by atoms with Gasteiger partial charge in [0.2, 0.25) is 5.91 Å². The second kappa shape index (κ2) is 9.08. The Morgan fingerprint density at radius 2 is 1.90 bits per heavy atom. The van der Waals surface area contributed by atoms with Crippen LogP contribution in [-0.4, -0.2) is 36.0 Å². The van der Waals surface area contributed by atoms with Gasteiger partial charge in [-0.25, -0.2) is 4.39 Å². The fraction of sp³-hybridized carbons (Fsp3) is 0.280. The molecule has 1 aliphatic rings. The molecule has 4 rings (SSSR count). The monoisotopic (exact) mass is 404 g/mol. The lowest BCUT2D eigenvalue weighted by atomic mass is 9.93. The van der Waals surface area contributed by atoms with Gasteiger partial charge in [-0.3, -0.25) is 9.78 Å². The van der Waals surface area contributed by atoms with Crippen LogP contribution < -0.4 is 4.74 Å². The summed E-state index contributed by atoms with van der Waals surface area (Å²) < 4.78 is 18.6. The smallest absolute Gasteiger partial charge is 0.227 e. The average molecular weight is 404 g/mol. The number of carbonyl (C=O) groups is 1. The van der Waals surface area contributed by atoms with Gasteiger partial charge in [-0.05, 0) is 54.8 Å². The van der Waals surface area contributed by atoms with Gasteiger partial charge in [-0.15, -0.1) is 0 Å². The summed E-state index contributed by atoms with van der Waals surface area (Å²) in [5, 5.41) is 0. The van der Waals surface area contributed by atoms with Gasteiger partial charge in [0.15, 0.2) is 0 Å². The Balaban J connectivity index is 1.49. The fourth-order valence-corrected chi connectivity index (χ4v) is 4.02. The molecule has 0 N–H and O–H groups in total. The minimum absolute atomic E-state index is 0.0761. The van der Waals surface area contributed by atoms with Gasteiger partial charge in [0, 0.05) is 30.3 Å². The van der Waals surface area contributed by atoms with E-state index in [2.05, 4.69) is 0 Å². The molecule has 0 bridgehead atoms. The Morgan fingerprint density at radius 1 is 1.10 bits per heavy atom. The van der Waals surface area contributed by atoms with Crippen LogP contribution in [0.25, 0.3) is 11.3 Å². The van der Waals surface area contributed by atoms with Gasteiger partial charge >= 0.3 is 0 Å². The number of pyridine rings is 1. The van der Waals surface area contributed by atoms with Crippen LogP contribution in [0.3, 0.4) is 0 Å². The van der Waals surface area contributed by atoms with E-state index in [4.69, 9.17) is 9.72 Å². The van der Waals surface area contributed by atoms with Crippen molar-refractivity contribution in [3.8, 4) is 17.0 Å². The number of para-hydroxylation sites is 1. The van der Waals surface area contributed by atoms with Crippen LogP contribution in [0.4, 0.5) is 4.39 Å². The highest BCUT2D eigenvalue weighted by Crippen LogP contribution is 2.31. The number of benzene rings is 2. The van der Waals surface area contributed by atoms with E-state index in [-0.39, 0.29) is 17.6 Å². The van der Waals surface area contributed by atoms with Crippen molar-refractivity contribution in [1.29, 1.82) is 0 Å². The standard InChI is InChI=1S/C25H25FN2O2/c1-30-24-10-3-2-7-21(24)23-9-4-8-22(27-23)19-6-5-15-28(17-19)25(29)16-18-11-13-20(26)14-12-18/h2-4,7-14,19H,5-6,15-17H2,1H3/t19-/m0/s1. The van der Waals surface area contributed by atoms with Crippen molar-refractivity contribution in [3.63, 3.8) is 0 Å². The Bertz CT molecular complexity index is 1020. The maximum absolute atomic E-state index is 13.1. The molecule has 0 radical (unpaired) electrons. The molecule has 1 fully saturated rings. The van der Waals surface area contributed by atoms with E-state index in [9.17, 15) is 9.18 Å². The number of aromatic nitrogens is 1. The minimum Gasteiger partial charge on any atom is -0.496 e. The van der Waals surface area contributed by atoms with Crippen LogP contribution in [-0.2, 0) is 11.2 Å². The van der Waals surface area contributed by atoms with E-state index in [1.807, 2.05) is 47.4 Å². The maximum atomic E-state index is 13.1. The summed E-state index contributed by atoms with van der Waals surface area (Å²) in [4.78, 5) is 19.6. The van der Waals surface area contributed by atoms with E-state index < -0.39 is 0 Å². The number of hydrogen-bond acceptors (Lipinski definition) is 3. The molecule has 1 aromatic heterocycles. The molecule has 1 saturated heterocycles. The van der Waals surface area contributed by atoms with E-state index in [1.54, 1.807) is 19.2 Å². The van der Waals surface area contributed by atoms with Gasteiger partial charge in [0.1, 0.15) is 11.6 Å². The third-order valence-electron chi connectivity index (χ3n) is 5.61. The molecule has 2 heterocycles. The highest BCUT2D eigenvalue weighted by molar-refractivity contribution is 5.79. The molecule has 0 aliphatic carbocycles. The second-order valence-corrected chi connectivity index (χ2v) is 7.63. The second-order valence-electron chi connectivity index (χ2n) is 7.63. The highest BCUT2D eigenvalue weighted by Gasteiger charge is 2.26. The highest BCUT2D eigenvalue weighted by atomic mass is 19.1. The lowest BCUT2D eigenvalue weighted by molar-refractivity contribution is -0.131. The Hall–Kier alpha value is -3.21. The van der Waals surface area contributed by atoms with Crippen LogP contribution in [0.5, 0.6) is 5.75 Å². The molecule has 0 spiro atoms. The molecule has 5 heteroatoms. The SMILES string of the molecule is COc1ccccc1-c1cccc([C@H]2CCCN(C(=O)Cc3ccc(F)cc3)C2)n1. The van der Waals surface area contributed by atoms with Gasteiger partial charge in [0.05, 0.1) is 19.2 Å². The normalized spacial score (nSPS) is 16.3. The molecule has 3 aromatic rings. The fourth-order valence-electron chi connectivity index (χ4n) is 4.02. The molecule has 4 nitrogen and oxygen atoms in total. The van der Waals surface area contributed by atoms with Crippen LogP contribution in [0.1, 0.15) is 30.0 Å². The number of likely N-dealkylation sites (tertiary alicyclic amines) is 1. The topological polar surface area (TPSA) is 42.4 Å². The Labute approximate surface area is 176 Å². The van der Waals surface area contributed by atoms with Crippen LogP contribution in [0.15, 0.2) is 66.7 Å². The van der Waals surface area contributed by atoms with Crippen molar-refractivity contribution in [2.45, 2.75) is 25.2 Å². The Kier molecular flexibility index (Phi) is 6.07. The summed E-state index contributed by atoms with van der Waals surface area (Å²) in [7, 11) is 1.66. The number of halogens is 1. The largest absolute Gasteiger partial charge is 0.496 e. The summed E-state index contributed by atoms with van der Waals surface area (Å²) in [5.41, 5.74) is 3.67. The Morgan fingerprint density at radius 3 is 2.70 bits per heavy atom. The summed E-state index contributed by atoms with van der Waals surface area (Å²) in [5.74, 6) is 0.782. The predicted octanol–water partition coefficient (Wildman–Crippen LogP) is 4.85. The zero-order valence-electron chi connectivity index (χ0n) is 17.1. The quantitative estimate of drug-likeness (QED) is 0.611. The molecule has 30 heavy (non-hydrogen) atoms. The van der Waals surface area contributed by atoms with Crippen molar-refractivity contribution < 1.29 is 13.9 Å². The van der Waals surface area contributed by atoms with E-state index in [0.717, 1.165) is 47.7 Å². The van der Waals surface area contributed by atoms with Crippen molar-refractivity contribution in [3.05, 3.63) is 83.8 Å². The molecular weight excluding hydrogens is 379 g/mol. The van der Waals surface area contributed by atoms with E-state index in [0.29, 0.717) is 13.0 Å². The molecule has 0 saturated carbocycles. The molecule has 1 atom stereocenters. The first-order valence-corrected chi connectivity index (χ1v) is 10.3. The lowest BCUT2D eigenvalue weighted by Crippen LogP contribution is -2.40. The van der Waals surface area contributed by atoms with Crippen LogP contribution in [0, 0.1) is 5.82 Å². The van der Waals surface area contributed by atoms with E-state index in [1.165, 1.54) is 12.1 Å². The first kappa shape index (κ1) is 20.1. The summed E-state index contributed by atoms with van der Waals surface area (Å²) in [6.07, 6.45) is 2.24. The number of methoxy groups -OCH3 is 1. The van der Waals surface area contributed by atoms with Gasteiger partial charge in [-0.1, -0.05) is 30.3 Å². The molecule has 1 aliphatic heterocycles. The number of amides is 1. The zero-order chi connectivity index (χ0) is 20.9. The van der Waals surface area contributed by atoms with Crippen molar-refractivity contribution in [1.82, 2.24) is 9.88 Å². The first-order chi connectivity index (χ1) is 14.6. The molecule has 0 unspecified atom stereocenters. The number of rotatable bonds is 5. The lowest BCUT2D eigenvalue weighted by Gasteiger charge is -2.33. The zero-order valence-corrected chi connectivity index (χ0v) is 17.1. The van der Waals surface area contributed by atoms with Crippen molar-refractivity contribution >= 4 is 5.91 Å². The van der Waals surface area contributed by atoms with Gasteiger partial charge in [0.25, 0.3) is 0 Å². The third-order valence-corrected chi connectivity index (χ3v) is 5.61. The minimum atomic E-state index is -0.287. The number of hydrogen-bond donors (Lipinski definition) is 0. The van der Waals surface area contributed by atoms with Gasteiger partial charge < -0.3 is 9.64 Å². The maximum Gasteiger partial charge on any atom is 0.227 e. The van der Waals surface area contributed by atoms with Crippen LogP contribution in [0.2, 0.25) is 0 Å². The third kappa shape index (κ3) is 4.51. The number of ether oxygens (including phenoxy) is 1. The van der Waals surface area contributed by atoms with Crippen LogP contribution >= 0.6 is 0 Å². The number of carbonyl (C=O) groups excluding carboxylic acids is 1. The van der Waals surface area contributed by atoms with Gasteiger partial charge in [-0.2, -0.15) is 0 Å². The van der Waals surface area contributed by atoms with E-state index >= 15 is 0 Å². The molecule has 1 amide bonds. The average Bonchev–Trinajstić information content (AvgIpc) is 2.80. The number of piperidine rings is 1. The predicted molar refractivity (Wildman–Crippen MR) is 115 cm³/mol. The summed E-state index contributed by atoms with van der Waals surface area (Å²) >= 11 is 0. The summed E-state index contributed by atoms with van der Waals surface area (Å²) in [6, 6.07) is 20.0. The molecular formula is C25H25FN2O2. The number of nitrogens with zero attached hydrogens (tertiary/aromatic N) is 2. The first-order valence-electron chi connectivity index (χ1n) is 10.3.